The molecule has 0 saturated carbocycles. The summed E-state index contributed by atoms with van der Waals surface area (Å²) in [5, 5.41) is 2.43. The number of anilines is 1. The molecule has 1 atom stereocenters. The summed E-state index contributed by atoms with van der Waals surface area (Å²) in [5.74, 6) is 0. The van der Waals surface area contributed by atoms with Crippen LogP contribution in [0.25, 0.3) is 10.8 Å². The number of fused-ring (bicyclic) bond motifs is 1. The molecule has 0 aliphatic carbocycles. The molecular weight excluding hydrogens is 276 g/mol. The number of thiocarbonyl (C=S) groups is 1. The van der Waals surface area contributed by atoms with E-state index < -0.39 is 0 Å². The van der Waals surface area contributed by atoms with E-state index in [1.807, 2.05) is 0 Å². The van der Waals surface area contributed by atoms with E-state index in [1.54, 1.807) is 0 Å². The number of nitrogens with zero attached hydrogens (tertiary/aromatic N) is 1. The minimum atomic E-state index is 0.474. The van der Waals surface area contributed by atoms with Gasteiger partial charge in [0, 0.05) is 29.2 Å². The lowest BCUT2D eigenvalue weighted by molar-refractivity contribution is 0.617. The van der Waals surface area contributed by atoms with Gasteiger partial charge in [-0.3, -0.25) is 0 Å². The summed E-state index contributed by atoms with van der Waals surface area (Å²) < 4.78 is 0. The van der Waals surface area contributed by atoms with Crippen molar-refractivity contribution in [2.24, 2.45) is 5.73 Å². The molecule has 2 N–H and O–H groups in total. The molecular formula is C18H22N2S. The quantitative estimate of drug-likeness (QED) is 0.841. The van der Waals surface area contributed by atoms with Crippen LogP contribution in [0.1, 0.15) is 38.2 Å². The van der Waals surface area contributed by atoms with Crippen LogP contribution in [0.5, 0.6) is 0 Å². The van der Waals surface area contributed by atoms with Crippen molar-refractivity contribution >= 4 is 33.7 Å². The molecule has 1 fully saturated rings. The molecule has 2 aromatic rings. The van der Waals surface area contributed by atoms with Gasteiger partial charge in [-0.25, -0.2) is 0 Å². The van der Waals surface area contributed by atoms with Crippen molar-refractivity contribution in [2.45, 2.75) is 38.6 Å². The van der Waals surface area contributed by atoms with Crippen LogP contribution in [0.2, 0.25) is 0 Å². The van der Waals surface area contributed by atoms with Gasteiger partial charge in [0.2, 0.25) is 0 Å². The van der Waals surface area contributed by atoms with Crippen molar-refractivity contribution in [1.29, 1.82) is 0 Å². The lowest BCUT2D eigenvalue weighted by Gasteiger charge is -2.31. The standard InChI is InChI=1S/C18H22N2S/c1-13-7-3-2-6-12-20(13)17-11-10-16(18(19)21)14-8-4-5-9-15(14)17/h4-5,8-11,13H,2-3,6-7,12H2,1H3,(H2,19,21). The number of benzene rings is 2. The van der Waals surface area contributed by atoms with Crippen molar-refractivity contribution in [3.8, 4) is 0 Å². The molecule has 0 spiro atoms. The second-order valence-corrected chi connectivity index (χ2v) is 6.37. The van der Waals surface area contributed by atoms with E-state index in [2.05, 4.69) is 48.2 Å². The summed E-state index contributed by atoms with van der Waals surface area (Å²) in [5.41, 5.74) is 8.18. The Kier molecular flexibility index (Phi) is 4.11. The van der Waals surface area contributed by atoms with Crippen molar-refractivity contribution in [3.63, 3.8) is 0 Å². The van der Waals surface area contributed by atoms with Crippen molar-refractivity contribution in [3.05, 3.63) is 42.0 Å². The predicted molar refractivity (Wildman–Crippen MR) is 95.1 cm³/mol. The number of rotatable bonds is 2. The Morgan fingerprint density at radius 2 is 1.86 bits per heavy atom. The van der Waals surface area contributed by atoms with Crippen LogP contribution in [-0.4, -0.2) is 17.6 Å². The van der Waals surface area contributed by atoms with Gasteiger partial charge in [-0.15, -0.1) is 0 Å². The Hall–Kier alpha value is -1.61. The largest absolute Gasteiger partial charge is 0.389 e. The maximum atomic E-state index is 5.88. The zero-order chi connectivity index (χ0) is 14.8. The van der Waals surface area contributed by atoms with Crippen molar-refractivity contribution < 1.29 is 0 Å². The topological polar surface area (TPSA) is 29.3 Å². The Morgan fingerprint density at radius 1 is 1.10 bits per heavy atom. The zero-order valence-corrected chi connectivity index (χ0v) is 13.3. The molecule has 21 heavy (non-hydrogen) atoms. The van der Waals surface area contributed by atoms with Gasteiger partial charge in [0.25, 0.3) is 0 Å². The molecule has 2 nitrogen and oxygen atoms in total. The number of nitrogens with two attached hydrogens (primary N) is 1. The second-order valence-electron chi connectivity index (χ2n) is 5.93. The van der Waals surface area contributed by atoms with Crippen LogP contribution in [0.15, 0.2) is 36.4 Å². The fraction of sp³-hybridized carbons (Fsp3) is 0.389. The second kappa shape index (κ2) is 6.02. The van der Waals surface area contributed by atoms with Crippen LogP contribution in [0, 0.1) is 0 Å². The smallest absolute Gasteiger partial charge is 0.104 e. The van der Waals surface area contributed by atoms with E-state index in [9.17, 15) is 0 Å². The van der Waals surface area contributed by atoms with Crippen molar-refractivity contribution in [1.82, 2.24) is 0 Å². The number of hydrogen-bond donors (Lipinski definition) is 1. The van der Waals surface area contributed by atoms with E-state index in [1.165, 1.54) is 42.1 Å². The molecule has 0 bridgehead atoms. The normalized spacial score (nSPS) is 19.5. The molecule has 1 aliphatic rings. The zero-order valence-electron chi connectivity index (χ0n) is 12.5. The van der Waals surface area contributed by atoms with Crippen LogP contribution >= 0.6 is 12.2 Å². The van der Waals surface area contributed by atoms with Gasteiger partial charge in [-0.1, -0.05) is 49.3 Å². The Balaban J connectivity index is 2.15. The van der Waals surface area contributed by atoms with Crippen LogP contribution in [-0.2, 0) is 0 Å². The van der Waals surface area contributed by atoms with E-state index in [4.69, 9.17) is 18.0 Å². The minimum absolute atomic E-state index is 0.474. The van der Waals surface area contributed by atoms with Crippen LogP contribution in [0.3, 0.4) is 0 Å². The third-order valence-electron chi connectivity index (χ3n) is 4.53. The molecule has 3 heteroatoms. The summed E-state index contributed by atoms with van der Waals surface area (Å²) >= 11 is 5.20. The first-order chi connectivity index (χ1) is 10.2. The van der Waals surface area contributed by atoms with Gasteiger partial charge in [0.15, 0.2) is 0 Å². The minimum Gasteiger partial charge on any atom is -0.389 e. The van der Waals surface area contributed by atoms with Crippen LogP contribution in [0.4, 0.5) is 5.69 Å². The summed E-state index contributed by atoms with van der Waals surface area (Å²) in [6, 6.07) is 13.3. The van der Waals surface area contributed by atoms with Gasteiger partial charge >= 0.3 is 0 Å². The lowest BCUT2D eigenvalue weighted by atomic mass is 10.0. The highest BCUT2D eigenvalue weighted by Crippen LogP contribution is 2.33. The Bertz CT molecular complexity index is 665. The number of hydrogen-bond acceptors (Lipinski definition) is 2. The van der Waals surface area contributed by atoms with Gasteiger partial charge < -0.3 is 10.6 Å². The highest BCUT2D eigenvalue weighted by atomic mass is 32.1. The molecule has 0 amide bonds. The van der Waals surface area contributed by atoms with Crippen molar-refractivity contribution in [2.75, 3.05) is 11.4 Å². The molecule has 0 radical (unpaired) electrons. The maximum absolute atomic E-state index is 5.88. The van der Waals surface area contributed by atoms with Gasteiger partial charge in [-0.05, 0) is 37.3 Å². The van der Waals surface area contributed by atoms with Gasteiger partial charge in [0.05, 0.1) is 0 Å². The average molecular weight is 298 g/mol. The summed E-state index contributed by atoms with van der Waals surface area (Å²) in [6.07, 6.45) is 5.21. The van der Waals surface area contributed by atoms with E-state index in [0.717, 1.165) is 12.1 Å². The average Bonchev–Trinajstić information content (AvgIpc) is 2.70. The fourth-order valence-electron chi connectivity index (χ4n) is 3.38. The first kappa shape index (κ1) is 14.3. The highest BCUT2D eigenvalue weighted by molar-refractivity contribution is 7.80. The maximum Gasteiger partial charge on any atom is 0.104 e. The Morgan fingerprint density at radius 3 is 2.62 bits per heavy atom. The summed E-state index contributed by atoms with van der Waals surface area (Å²) in [4.78, 5) is 3.03. The summed E-state index contributed by atoms with van der Waals surface area (Å²) in [6.45, 7) is 3.47. The first-order valence-corrected chi connectivity index (χ1v) is 8.17. The third-order valence-corrected chi connectivity index (χ3v) is 4.75. The molecule has 3 rings (SSSR count). The monoisotopic (exact) mass is 298 g/mol. The van der Waals surface area contributed by atoms with E-state index in [0.29, 0.717) is 11.0 Å². The van der Waals surface area contributed by atoms with Crippen LogP contribution < -0.4 is 10.6 Å². The van der Waals surface area contributed by atoms with E-state index >= 15 is 0 Å². The molecule has 1 unspecified atom stereocenters. The SMILES string of the molecule is CC1CCCCCN1c1ccc(C(N)=S)c2ccccc12. The molecule has 1 heterocycles. The first-order valence-electron chi connectivity index (χ1n) is 7.76. The summed E-state index contributed by atoms with van der Waals surface area (Å²) in [7, 11) is 0. The Labute approximate surface area is 131 Å². The van der Waals surface area contributed by atoms with Gasteiger partial charge in [0.1, 0.15) is 4.99 Å². The van der Waals surface area contributed by atoms with E-state index in [-0.39, 0.29) is 0 Å². The lowest BCUT2D eigenvalue weighted by Crippen LogP contribution is -2.32. The van der Waals surface area contributed by atoms with Gasteiger partial charge in [-0.2, -0.15) is 0 Å². The highest BCUT2D eigenvalue weighted by Gasteiger charge is 2.19. The molecule has 2 aromatic carbocycles. The molecule has 1 aliphatic heterocycles. The molecule has 1 saturated heterocycles. The fourth-order valence-corrected chi connectivity index (χ4v) is 3.56. The third kappa shape index (κ3) is 2.75. The predicted octanol–water partition coefficient (Wildman–Crippen LogP) is 4.24. The molecule has 110 valence electrons. The molecule has 0 aromatic heterocycles.